The lowest BCUT2D eigenvalue weighted by Crippen LogP contribution is -2.23. The van der Waals surface area contributed by atoms with E-state index in [-0.39, 0.29) is 17.2 Å². The zero-order chi connectivity index (χ0) is 21.3. The van der Waals surface area contributed by atoms with E-state index < -0.39 is 0 Å². The molecular formula is C21H20ClN5O2S. The maximum absolute atomic E-state index is 12.9. The molecule has 9 heteroatoms. The molecule has 2 aromatic heterocycles. The molecule has 0 fully saturated rings. The lowest BCUT2D eigenvalue weighted by atomic mass is 10.2. The van der Waals surface area contributed by atoms with Crippen LogP contribution in [0.5, 0.6) is 0 Å². The van der Waals surface area contributed by atoms with E-state index in [0.717, 1.165) is 17.5 Å². The summed E-state index contributed by atoms with van der Waals surface area (Å²) in [5, 5.41) is 13.1. The first-order chi connectivity index (χ1) is 14.5. The Morgan fingerprint density at radius 1 is 1.20 bits per heavy atom. The van der Waals surface area contributed by atoms with E-state index in [9.17, 15) is 9.59 Å². The van der Waals surface area contributed by atoms with Gasteiger partial charge >= 0.3 is 0 Å². The van der Waals surface area contributed by atoms with Crippen molar-refractivity contribution in [3.8, 4) is 0 Å². The summed E-state index contributed by atoms with van der Waals surface area (Å²) in [7, 11) is 0. The van der Waals surface area contributed by atoms with Crippen molar-refractivity contribution in [2.45, 2.75) is 32.0 Å². The van der Waals surface area contributed by atoms with Crippen LogP contribution in [0.1, 0.15) is 18.9 Å². The number of aromatic nitrogens is 4. The minimum atomic E-state index is -0.178. The van der Waals surface area contributed by atoms with Crippen molar-refractivity contribution < 1.29 is 4.79 Å². The first kappa shape index (κ1) is 20.4. The number of benzene rings is 2. The van der Waals surface area contributed by atoms with Gasteiger partial charge in [0.2, 0.25) is 11.7 Å². The lowest BCUT2D eigenvalue weighted by Gasteiger charge is -2.10. The highest BCUT2D eigenvalue weighted by atomic mass is 35.5. The molecule has 0 aliphatic carbocycles. The summed E-state index contributed by atoms with van der Waals surface area (Å²) in [5.41, 5.74) is 2.23. The van der Waals surface area contributed by atoms with Crippen molar-refractivity contribution >= 4 is 51.6 Å². The van der Waals surface area contributed by atoms with Gasteiger partial charge in [-0.2, -0.15) is 0 Å². The molecule has 0 saturated carbocycles. The number of hydrogen-bond donors (Lipinski definition) is 1. The molecule has 0 aliphatic heterocycles. The van der Waals surface area contributed by atoms with Crippen LogP contribution in [-0.2, 0) is 11.3 Å². The third kappa shape index (κ3) is 3.80. The zero-order valence-corrected chi connectivity index (χ0v) is 18.1. The third-order valence-electron chi connectivity index (χ3n) is 4.71. The number of rotatable bonds is 6. The SMILES string of the molecule is CCCn1c(=O)c2ccccc2n2c(SCC(=O)Nc3ccc(C)c(Cl)c3)nnc12. The predicted molar refractivity (Wildman–Crippen MR) is 121 cm³/mol. The van der Waals surface area contributed by atoms with Gasteiger partial charge in [0.15, 0.2) is 5.16 Å². The number of fused-ring (bicyclic) bond motifs is 3. The average Bonchev–Trinajstić information content (AvgIpc) is 3.16. The molecule has 0 bridgehead atoms. The lowest BCUT2D eigenvalue weighted by molar-refractivity contribution is -0.113. The number of thioether (sulfide) groups is 1. The summed E-state index contributed by atoms with van der Waals surface area (Å²) < 4.78 is 3.47. The van der Waals surface area contributed by atoms with Gasteiger partial charge in [0, 0.05) is 17.3 Å². The molecule has 1 N–H and O–H groups in total. The van der Waals surface area contributed by atoms with Crippen molar-refractivity contribution in [2.75, 3.05) is 11.1 Å². The molecule has 1 amide bonds. The number of amides is 1. The van der Waals surface area contributed by atoms with Gasteiger partial charge in [-0.15, -0.1) is 10.2 Å². The molecular weight excluding hydrogens is 422 g/mol. The highest BCUT2D eigenvalue weighted by Gasteiger charge is 2.17. The van der Waals surface area contributed by atoms with Crippen LogP contribution in [0.4, 0.5) is 5.69 Å². The fourth-order valence-electron chi connectivity index (χ4n) is 3.25. The van der Waals surface area contributed by atoms with Crippen LogP contribution in [0.15, 0.2) is 52.4 Å². The van der Waals surface area contributed by atoms with Gasteiger partial charge in [-0.25, -0.2) is 0 Å². The zero-order valence-electron chi connectivity index (χ0n) is 16.6. The highest BCUT2D eigenvalue weighted by molar-refractivity contribution is 7.99. The summed E-state index contributed by atoms with van der Waals surface area (Å²) in [6.07, 6.45) is 0.796. The maximum atomic E-state index is 12.9. The number of hydrogen-bond acceptors (Lipinski definition) is 5. The Balaban J connectivity index is 1.64. The van der Waals surface area contributed by atoms with Gasteiger partial charge in [-0.1, -0.05) is 48.5 Å². The maximum Gasteiger partial charge on any atom is 0.262 e. The molecule has 30 heavy (non-hydrogen) atoms. The first-order valence-corrected chi connectivity index (χ1v) is 10.9. The number of aryl methyl sites for hydroxylation is 2. The van der Waals surface area contributed by atoms with Crippen LogP contribution < -0.4 is 10.9 Å². The molecule has 0 aliphatic rings. The number of nitrogens with zero attached hydrogens (tertiary/aromatic N) is 4. The Hall–Kier alpha value is -2.84. The number of halogens is 1. The van der Waals surface area contributed by atoms with E-state index in [1.54, 1.807) is 16.7 Å². The topological polar surface area (TPSA) is 81.3 Å². The first-order valence-electron chi connectivity index (χ1n) is 9.55. The van der Waals surface area contributed by atoms with Gasteiger partial charge in [-0.05, 0) is 43.2 Å². The van der Waals surface area contributed by atoms with Gasteiger partial charge in [0.25, 0.3) is 5.56 Å². The monoisotopic (exact) mass is 441 g/mol. The number of carbonyl (C=O) groups is 1. The summed E-state index contributed by atoms with van der Waals surface area (Å²) in [6.45, 7) is 4.46. The molecule has 4 aromatic rings. The fraction of sp³-hybridized carbons (Fsp3) is 0.238. The standard InChI is InChI=1S/C21H20ClN5O2S/c1-3-10-26-19(29)15-6-4-5-7-17(15)27-20(26)24-25-21(27)30-12-18(28)23-14-9-8-13(2)16(22)11-14/h4-9,11H,3,10,12H2,1-2H3,(H,23,28). The van der Waals surface area contributed by atoms with Gasteiger partial charge in [-0.3, -0.25) is 18.6 Å². The van der Waals surface area contributed by atoms with Crippen molar-refractivity contribution in [3.05, 3.63) is 63.4 Å². The van der Waals surface area contributed by atoms with Crippen molar-refractivity contribution in [3.63, 3.8) is 0 Å². The summed E-state index contributed by atoms with van der Waals surface area (Å²) in [4.78, 5) is 25.3. The average molecular weight is 442 g/mol. The van der Waals surface area contributed by atoms with Crippen LogP contribution in [-0.4, -0.2) is 30.8 Å². The van der Waals surface area contributed by atoms with E-state index in [0.29, 0.717) is 33.6 Å². The van der Waals surface area contributed by atoms with Crippen molar-refractivity contribution in [1.82, 2.24) is 19.2 Å². The largest absolute Gasteiger partial charge is 0.325 e. The van der Waals surface area contributed by atoms with Crippen LogP contribution in [0.2, 0.25) is 5.02 Å². The summed E-state index contributed by atoms with van der Waals surface area (Å²) in [5.74, 6) is 0.449. The fourth-order valence-corrected chi connectivity index (χ4v) is 4.17. The minimum Gasteiger partial charge on any atom is -0.325 e. The van der Waals surface area contributed by atoms with Crippen molar-refractivity contribution in [2.24, 2.45) is 0 Å². The van der Waals surface area contributed by atoms with E-state index in [1.807, 2.05) is 48.6 Å². The van der Waals surface area contributed by atoms with Gasteiger partial charge < -0.3 is 5.32 Å². The predicted octanol–water partition coefficient (Wildman–Crippen LogP) is 4.15. The van der Waals surface area contributed by atoms with Crippen LogP contribution in [0, 0.1) is 6.92 Å². The second kappa shape index (κ2) is 8.49. The Labute approximate surface area is 182 Å². The molecule has 0 atom stereocenters. The third-order valence-corrected chi connectivity index (χ3v) is 6.05. The Bertz CT molecular complexity index is 1310. The van der Waals surface area contributed by atoms with E-state index in [2.05, 4.69) is 15.5 Å². The molecule has 2 aromatic carbocycles. The summed E-state index contributed by atoms with van der Waals surface area (Å²) in [6, 6.07) is 12.8. The molecule has 0 unspecified atom stereocenters. The Morgan fingerprint density at radius 2 is 2.00 bits per heavy atom. The molecule has 2 heterocycles. The van der Waals surface area contributed by atoms with E-state index in [1.165, 1.54) is 11.8 Å². The number of carbonyl (C=O) groups excluding carboxylic acids is 1. The normalized spacial score (nSPS) is 11.3. The van der Waals surface area contributed by atoms with E-state index in [4.69, 9.17) is 11.6 Å². The highest BCUT2D eigenvalue weighted by Crippen LogP contribution is 2.23. The number of anilines is 1. The molecule has 4 rings (SSSR count). The Morgan fingerprint density at radius 3 is 2.77 bits per heavy atom. The van der Waals surface area contributed by atoms with Crippen LogP contribution in [0.25, 0.3) is 16.7 Å². The van der Waals surface area contributed by atoms with Crippen LogP contribution >= 0.6 is 23.4 Å². The number of para-hydroxylation sites is 1. The molecule has 7 nitrogen and oxygen atoms in total. The van der Waals surface area contributed by atoms with Crippen LogP contribution in [0.3, 0.4) is 0 Å². The smallest absolute Gasteiger partial charge is 0.262 e. The molecule has 0 spiro atoms. The second-order valence-corrected chi connectivity index (χ2v) is 8.24. The van der Waals surface area contributed by atoms with Crippen molar-refractivity contribution in [1.29, 1.82) is 0 Å². The van der Waals surface area contributed by atoms with Gasteiger partial charge in [0.05, 0.1) is 16.7 Å². The van der Waals surface area contributed by atoms with Gasteiger partial charge in [0.1, 0.15) is 0 Å². The second-order valence-electron chi connectivity index (χ2n) is 6.89. The molecule has 0 saturated heterocycles. The quantitative estimate of drug-likeness (QED) is 0.454. The molecule has 154 valence electrons. The number of nitrogens with one attached hydrogen (secondary N) is 1. The van der Waals surface area contributed by atoms with E-state index >= 15 is 0 Å². The minimum absolute atomic E-state index is 0.0853. The Kier molecular flexibility index (Phi) is 5.78. The molecule has 0 radical (unpaired) electrons. The summed E-state index contributed by atoms with van der Waals surface area (Å²) >= 11 is 7.39.